The largest absolute Gasteiger partial charge is 0.392 e. The lowest BCUT2D eigenvalue weighted by molar-refractivity contribution is -0.114. The fourth-order valence-electron chi connectivity index (χ4n) is 1.51. The number of pyridine rings is 1. The second-order valence-electron chi connectivity index (χ2n) is 3.56. The van der Waals surface area contributed by atoms with Crippen LogP contribution in [0.25, 0.3) is 10.9 Å². The van der Waals surface area contributed by atoms with Crippen molar-refractivity contribution >= 4 is 22.6 Å². The topological polar surface area (TPSA) is 62.2 Å². The Balaban J connectivity index is 2.46. The highest BCUT2D eigenvalue weighted by Gasteiger charge is 2.00. The predicted molar refractivity (Wildman–Crippen MR) is 62.0 cm³/mol. The van der Waals surface area contributed by atoms with Gasteiger partial charge in [-0.1, -0.05) is 12.1 Å². The molecule has 0 unspecified atom stereocenters. The highest BCUT2D eigenvalue weighted by molar-refractivity contribution is 5.89. The van der Waals surface area contributed by atoms with E-state index in [0.29, 0.717) is 5.82 Å². The number of fused-ring (bicyclic) bond motifs is 1. The molecule has 0 atom stereocenters. The molecule has 0 saturated carbocycles. The molecule has 0 bridgehead atoms. The number of aromatic nitrogens is 1. The van der Waals surface area contributed by atoms with Crippen molar-refractivity contribution in [1.29, 1.82) is 0 Å². The number of nitrogens with zero attached hydrogens (tertiary/aromatic N) is 1. The molecule has 2 aromatic rings. The molecule has 0 aliphatic heterocycles. The van der Waals surface area contributed by atoms with Gasteiger partial charge in [-0.3, -0.25) is 4.79 Å². The van der Waals surface area contributed by atoms with Gasteiger partial charge in [-0.05, 0) is 23.8 Å². The van der Waals surface area contributed by atoms with Crippen LogP contribution in [0.5, 0.6) is 0 Å². The Morgan fingerprint density at radius 2 is 2.12 bits per heavy atom. The molecule has 0 radical (unpaired) electrons. The van der Waals surface area contributed by atoms with Gasteiger partial charge < -0.3 is 10.4 Å². The summed E-state index contributed by atoms with van der Waals surface area (Å²) in [5.74, 6) is 0.375. The third-order valence-electron chi connectivity index (χ3n) is 2.24. The Hall–Kier alpha value is -1.94. The molecule has 1 aromatic heterocycles. The molecule has 2 rings (SSSR count). The van der Waals surface area contributed by atoms with Crippen LogP contribution in [0.1, 0.15) is 12.5 Å². The molecule has 1 aromatic carbocycles. The first kappa shape index (κ1) is 10.6. The quantitative estimate of drug-likeness (QED) is 0.802. The highest BCUT2D eigenvalue weighted by Crippen LogP contribution is 2.16. The number of hydrogen-bond acceptors (Lipinski definition) is 3. The Morgan fingerprint density at radius 1 is 1.38 bits per heavy atom. The molecule has 82 valence electrons. The number of anilines is 1. The van der Waals surface area contributed by atoms with E-state index in [9.17, 15) is 4.79 Å². The van der Waals surface area contributed by atoms with E-state index in [2.05, 4.69) is 10.3 Å². The van der Waals surface area contributed by atoms with Gasteiger partial charge in [0.2, 0.25) is 5.91 Å². The van der Waals surface area contributed by atoms with Crippen molar-refractivity contribution in [2.75, 3.05) is 5.32 Å². The summed E-state index contributed by atoms with van der Waals surface area (Å²) in [5.41, 5.74) is 1.57. The summed E-state index contributed by atoms with van der Waals surface area (Å²) in [6.07, 6.45) is 0. The minimum Gasteiger partial charge on any atom is -0.392 e. The molecule has 0 aliphatic rings. The lowest BCUT2D eigenvalue weighted by atomic mass is 10.1. The van der Waals surface area contributed by atoms with Crippen LogP contribution in [0.4, 0.5) is 5.82 Å². The number of carbonyl (C=O) groups excluding carboxylic acids is 1. The molecular formula is C12H12N2O2. The highest BCUT2D eigenvalue weighted by atomic mass is 16.3. The number of aliphatic hydroxyl groups is 1. The fourth-order valence-corrected chi connectivity index (χ4v) is 1.51. The number of aliphatic hydroxyl groups excluding tert-OH is 1. The average molecular weight is 216 g/mol. The number of amides is 1. The second kappa shape index (κ2) is 4.28. The molecule has 4 nitrogen and oxygen atoms in total. The van der Waals surface area contributed by atoms with Crippen LogP contribution < -0.4 is 5.32 Å². The minimum absolute atomic E-state index is 0.0119. The summed E-state index contributed by atoms with van der Waals surface area (Å²) in [5, 5.41) is 12.6. The third-order valence-corrected chi connectivity index (χ3v) is 2.24. The van der Waals surface area contributed by atoms with Crippen LogP contribution in [0.2, 0.25) is 0 Å². The normalized spacial score (nSPS) is 10.4. The predicted octanol–water partition coefficient (Wildman–Crippen LogP) is 1.69. The van der Waals surface area contributed by atoms with Crippen molar-refractivity contribution in [2.24, 2.45) is 0 Å². The zero-order valence-electron chi connectivity index (χ0n) is 8.90. The zero-order valence-corrected chi connectivity index (χ0v) is 8.90. The van der Waals surface area contributed by atoms with Gasteiger partial charge in [0.1, 0.15) is 5.82 Å². The van der Waals surface area contributed by atoms with Gasteiger partial charge in [0, 0.05) is 12.3 Å². The van der Waals surface area contributed by atoms with E-state index in [0.717, 1.165) is 16.5 Å². The van der Waals surface area contributed by atoms with Crippen LogP contribution in [-0.2, 0) is 11.4 Å². The third kappa shape index (κ3) is 2.17. The van der Waals surface area contributed by atoms with E-state index in [1.54, 1.807) is 12.1 Å². The van der Waals surface area contributed by atoms with Crippen LogP contribution in [0.3, 0.4) is 0 Å². The number of benzene rings is 1. The number of rotatable bonds is 2. The summed E-state index contributed by atoms with van der Waals surface area (Å²) in [6, 6.07) is 9.19. The standard InChI is InChI=1S/C12H12N2O2/c1-8(16)13-12-5-4-10-3-2-9(7-15)6-11(10)14-12/h2-6,15H,7H2,1H3,(H,13,14,16). The molecule has 0 aliphatic carbocycles. The van der Waals surface area contributed by atoms with Crippen molar-refractivity contribution in [1.82, 2.24) is 4.98 Å². The van der Waals surface area contributed by atoms with E-state index in [4.69, 9.17) is 5.11 Å². The lowest BCUT2D eigenvalue weighted by Crippen LogP contribution is -2.07. The summed E-state index contributed by atoms with van der Waals surface area (Å²) < 4.78 is 0. The molecule has 1 heterocycles. The minimum atomic E-state index is -0.148. The van der Waals surface area contributed by atoms with Gasteiger partial charge in [0.25, 0.3) is 0 Å². The first-order valence-electron chi connectivity index (χ1n) is 4.97. The van der Waals surface area contributed by atoms with Crippen LogP contribution in [0.15, 0.2) is 30.3 Å². The molecule has 1 amide bonds. The lowest BCUT2D eigenvalue weighted by Gasteiger charge is -2.04. The van der Waals surface area contributed by atoms with Crippen molar-refractivity contribution in [3.63, 3.8) is 0 Å². The van der Waals surface area contributed by atoms with E-state index >= 15 is 0 Å². The summed E-state index contributed by atoms with van der Waals surface area (Å²) in [4.78, 5) is 15.2. The van der Waals surface area contributed by atoms with E-state index in [1.807, 2.05) is 18.2 Å². The summed E-state index contributed by atoms with van der Waals surface area (Å²) in [6.45, 7) is 1.43. The molecule has 16 heavy (non-hydrogen) atoms. The van der Waals surface area contributed by atoms with Crippen LogP contribution in [-0.4, -0.2) is 16.0 Å². The van der Waals surface area contributed by atoms with Crippen molar-refractivity contribution in [3.8, 4) is 0 Å². The van der Waals surface area contributed by atoms with Crippen LogP contribution in [0, 0.1) is 0 Å². The van der Waals surface area contributed by atoms with Crippen molar-refractivity contribution in [2.45, 2.75) is 13.5 Å². The van der Waals surface area contributed by atoms with E-state index in [1.165, 1.54) is 6.92 Å². The summed E-state index contributed by atoms with van der Waals surface area (Å²) >= 11 is 0. The first-order chi connectivity index (χ1) is 7.69. The van der Waals surface area contributed by atoms with E-state index < -0.39 is 0 Å². The number of carbonyl (C=O) groups is 1. The zero-order chi connectivity index (χ0) is 11.5. The maximum atomic E-state index is 10.9. The SMILES string of the molecule is CC(=O)Nc1ccc2ccc(CO)cc2n1. The van der Waals surface area contributed by atoms with Gasteiger partial charge in [0.05, 0.1) is 12.1 Å². The maximum Gasteiger partial charge on any atom is 0.222 e. The van der Waals surface area contributed by atoms with Gasteiger partial charge in [0.15, 0.2) is 0 Å². The second-order valence-corrected chi connectivity index (χ2v) is 3.56. The monoisotopic (exact) mass is 216 g/mol. The van der Waals surface area contributed by atoms with Gasteiger partial charge in [-0.25, -0.2) is 4.98 Å². The average Bonchev–Trinajstić information content (AvgIpc) is 2.27. The smallest absolute Gasteiger partial charge is 0.222 e. The van der Waals surface area contributed by atoms with Gasteiger partial charge >= 0.3 is 0 Å². The Kier molecular flexibility index (Phi) is 2.83. The fraction of sp³-hybridized carbons (Fsp3) is 0.167. The Bertz CT molecular complexity index is 538. The van der Waals surface area contributed by atoms with Crippen molar-refractivity contribution in [3.05, 3.63) is 35.9 Å². The van der Waals surface area contributed by atoms with E-state index in [-0.39, 0.29) is 12.5 Å². The number of nitrogens with one attached hydrogen (secondary N) is 1. The molecule has 0 saturated heterocycles. The molecular weight excluding hydrogens is 204 g/mol. The maximum absolute atomic E-state index is 10.9. The van der Waals surface area contributed by atoms with Gasteiger partial charge in [-0.15, -0.1) is 0 Å². The number of hydrogen-bond donors (Lipinski definition) is 2. The Morgan fingerprint density at radius 3 is 2.81 bits per heavy atom. The van der Waals surface area contributed by atoms with Crippen LogP contribution >= 0.6 is 0 Å². The molecule has 0 fully saturated rings. The molecule has 4 heteroatoms. The molecule has 0 spiro atoms. The van der Waals surface area contributed by atoms with Crippen molar-refractivity contribution < 1.29 is 9.90 Å². The van der Waals surface area contributed by atoms with Gasteiger partial charge in [-0.2, -0.15) is 0 Å². The summed E-state index contributed by atoms with van der Waals surface area (Å²) in [7, 11) is 0. The molecule has 2 N–H and O–H groups in total. The first-order valence-corrected chi connectivity index (χ1v) is 4.97. The Labute approximate surface area is 92.9 Å².